The summed E-state index contributed by atoms with van der Waals surface area (Å²) in [6.45, 7) is 2.63. The summed E-state index contributed by atoms with van der Waals surface area (Å²) < 4.78 is 5.01. The second-order valence-electron chi connectivity index (χ2n) is 3.33. The maximum Gasteiger partial charge on any atom is 0.293 e. The molecule has 14 heavy (non-hydrogen) atoms. The Labute approximate surface area is 84.9 Å². The maximum absolute atomic E-state index is 10.3. The Kier molecular flexibility index (Phi) is 4.76. The third kappa shape index (κ3) is 3.60. The number of carbonyl (C=O) groups is 1. The van der Waals surface area contributed by atoms with Crippen molar-refractivity contribution in [2.24, 2.45) is 0 Å². The van der Waals surface area contributed by atoms with Gasteiger partial charge < -0.3 is 4.74 Å². The van der Waals surface area contributed by atoms with E-state index in [2.05, 4.69) is 19.1 Å². The van der Waals surface area contributed by atoms with Gasteiger partial charge in [0.25, 0.3) is 6.47 Å². The highest BCUT2D eigenvalue weighted by molar-refractivity contribution is 5.37. The van der Waals surface area contributed by atoms with Crippen LogP contribution in [0, 0.1) is 0 Å². The van der Waals surface area contributed by atoms with E-state index in [0.29, 0.717) is 6.47 Å². The molecule has 0 aromatic heterocycles. The number of ether oxygens (including phenoxy) is 1. The van der Waals surface area contributed by atoms with Crippen LogP contribution in [-0.4, -0.2) is 12.6 Å². The van der Waals surface area contributed by atoms with Crippen molar-refractivity contribution in [1.29, 1.82) is 0 Å². The molecule has 76 valence electrons. The molecule has 0 bridgehead atoms. The van der Waals surface area contributed by atoms with Crippen LogP contribution >= 0.6 is 0 Å². The average Bonchev–Trinajstić information content (AvgIpc) is 2.20. The summed E-state index contributed by atoms with van der Waals surface area (Å²) in [6.07, 6.45) is 2.80. The summed E-state index contributed by atoms with van der Waals surface area (Å²) in [5, 5.41) is 0. The standard InChI is InChI=1S/C12H16O2/c1-2-6-12(14-10-13)9-11-7-4-3-5-8-11/h3-5,7-8,10,12H,2,6,9H2,1H3. The highest BCUT2D eigenvalue weighted by Gasteiger charge is 2.08. The van der Waals surface area contributed by atoms with Crippen LogP contribution < -0.4 is 0 Å². The fourth-order valence-electron chi connectivity index (χ4n) is 1.50. The van der Waals surface area contributed by atoms with Crippen LogP contribution in [0.4, 0.5) is 0 Å². The Balaban J connectivity index is 2.50. The number of hydrogen-bond acceptors (Lipinski definition) is 2. The second-order valence-corrected chi connectivity index (χ2v) is 3.33. The van der Waals surface area contributed by atoms with Gasteiger partial charge in [0.05, 0.1) is 0 Å². The minimum Gasteiger partial charge on any atom is -0.464 e. The van der Waals surface area contributed by atoms with Gasteiger partial charge in [0, 0.05) is 6.42 Å². The van der Waals surface area contributed by atoms with Crippen molar-refractivity contribution < 1.29 is 9.53 Å². The Bertz CT molecular complexity index is 256. The van der Waals surface area contributed by atoms with Gasteiger partial charge in [0.1, 0.15) is 6.10 Å². The van der Waals surface area contributed by atoms with Gasteiger partial charge in [-0.2, -0.15) is 0 Å². The van der Waals surface area contributed by atoms with Crippen LogP contribution in [0.25, 0.3) is 0 Å². The van der Waals surface area contributed by atoms with E-state index >= 15 is 0 Å². The fraction of sp³-hybridized carbons (Fsp3) is 0.417. The van der Waals surface area contributed by atoms with Crippen LogP contribution in [-0.2, 0) is 16.0 Å². The van der Waals surface area contributed by atoms with Gasteiger partial charge in [-0.15, -0.1) is 0 Å². The van der Waals surface area contributed by atoms with Crippen molar-refractivity contribution in [3.63, 3.8) is 0 Å². The van der Waals surface area contributed by atoms with E-state index in [1.54, 1.807) is 0 Å². The molecule has 2 nitrogen and oxygen atoms in total. The molecule has 0 saturated carbocycles. The van der Waals surface area contributed by atoms with Gasteiger partial charge in [0.15, 0.2) is 0 Å². The van der Waals surface area contributed by atoms with E-state index in [0.717, 1.165) is 19.3 Å². The fourth-order valence-corrected chi connectivity index (χ4v) is 1.50. The SMILES string of the molecule is CCCC(Cc1ccccc1)OC=O. The summed E-state index contributed by atoms with van der Waals surface area (Å²) in [5.74, 6) is 0. The van der Waals surface area contributed by atoms with E-state index < -0.39 is 0 Å². The molecule has 0 heterocycles. The van der Waals surface area contributed by atoms with E-state index in [9.17, 15) is 4.79 Å². The Morgan fingerprint density at radius 2 is 2.07 bits per heavy atom. The first-order valence-electron chi connectivity index (χ1n) is 4.99. The molecule has 2 heteroatoms. The molecule has 0 aliphatic carbocycles. The lowest BCUT2D eigenvalue weighted by Crippen LogP contribution is -2.14. The number of rotatable bonds is 6. The summed E-state index contributed by atoms with van der Waals surface area (Å²) >= 11 is 0. The van der Waals surface area contributed by atoms with Gasteiger partial charge in [0.2, 0.25) is 0 Å². The van der Waals surface area contributed by atoms with E-state index in [4.69, 9.17) is 4.74 Å². The monoisotopic (exact) mass is 192 g/mol. The van der Waals surface area contributed by atoms with E-state index in [1.807, 2.05) is 18.2 Å². The summed E-state index contributed by atoms with van der Waals surface area (Å²) in [7, 11) is 0. The molecule has 0 spiro atoms. The highest BCUT2D eigenvalue weighted by Crippen LogP contribution is 2.09. The molecule has 1 aromatic carbocycles. The molecule has 0 saturated heterocycles. The van der Waals surface area contributed by atoms with Crippen LogP contribution in [0.5, 0.6) is 0 Å². The van der Waals surface area contributed by atoms with E-state index in [1.165, 1.54) is 5.56 Å². The lowest BCUT2D eigenvalue weighted by atomic mass is 10.0. The summed E-state index contributed by atoms with van der Waals surface area (Å²) in [6, 6.07) is 10.1. The molecule has 0 aliphatic rings. The molecular weight excluding hydrogens is 176 g/mol. The van der Waals surface area contributed by atoms with E-state index in [-0.39, 0.29) is 6.10 Å². The van der Waals surface area contributed by atoms with Crippen LogP contribution in [0.2, 0.25) is 0 Å². The maximum atomic E-state index is 10.3. The van der Waals surface area contributed by atoms with Crippen LogP contribution in [0.15, 0.2) is 30.3 Å². The van der Waals surface area contributed by atoms with Gasteiger partial charge in [-0.3, -0.25) is 4.79 Å². The highest BCUT2D eigenvalue weighted by atomic mass is 16.5. The molecule has 1 unspecified atom stereocenters. The lowest BCUT2D eigenvalue weighted by molar-refractivity contribution is -0.133. The first kappa shape index (κ1) is 10.8. The third-order valence-corrected chi connectivity index (χ3v) is 2.16. The third-order valence-electron chi connectivity index (χ3n) is 2.16. The lowest BCUT2D eigenvalue weighted by Gasteiger charge is -2.13. The van der Waals surface area contributed by atoms with Gasteiger partial charge >= 0.3 is 0 Å². The number of hydrogen-bond donors (Lipinski definition) is 0. The van der Waals surface area contributed by atoms with Crippen molar-refractivity contribution in [2.45, 2.75) is 32.3 Å². The van der Waals surface area contributed by atoms with Crippen molar-refractivity contribution in [3.05, 3.63) is 35.9 Å². The minimum absolute atomic E-state index is 0.0277. The van der Waals surface area contributed by atoms with Gasteiger partial charge in [-0.25, -0.2) is 0 Å². The number of carbonyl (C=O) groups excluding carboxylic acids is 1. The summed E-state index contributed by atoms with van der Waals surface area (Å²) in [5.41, 5.74) is 1.22. The first-order chi connectivity index (χ1) is 6.86. The number of benzene rings is 1. The topological polar surface area (TPSA) is 26.3 Å². The van der Waals surface area contributed by atoms with Gasteiger partial charge in [-0.05, 0) is 12.0 Å². The Morgan fingerprint density at radius 1 is 1.36 bits per heavy atom. The predicted molar refractivity (Wildman–Crippen MR) is 56.0 cm³/mol. The minimum atomic E-state index is 0.0277. The molecule has 1 atom stereocenters. The second kappa shape index (κ2) is 6.19. The largest absolute Gasteiger partial charge is 0.464 e. The first-order valence-corrected chi connectivity index (χ1v) is 4.99. The quantitative estimate of drug-likeness (QED) is 0.647. The Hall–Kier alpha value is -1.31. The normalized spacial score (nSPS) is 12.1. The molecule has 1 aromatic rings. The van der Waals surface area contributed by atoms with Crippen molar-refractivity contribution in [3.8, 4) is 0 Å². The molecule has 0 radical (unpaired) electrons. The molecular formula is C12H16O2. The molecule has 0 aliphatic heterocycles. The van der Waals surface area contributed by atoms with Crippen LogP contribution in [0.3, 0.4) is 0 Å². The molecule has 1 rings (SSSR count). The van der Waals surface area contributed by atoms with Crippen LogP contribution in [0.1, 0.15) is 25.3 Å². The predicted octanol–water partition coefficient (Wildman–Crippen LogP) is 2.57. The zero-order valence-corrected chi connectivity index (χ0v) is 8.48. The van der Waals surface area contributed by atoms with Crippen molar-refractivity contribution in [1.82, 2.24) is 0 Å². The average molecular weight is 192 g/mol. The zero-order valence-electron chi connectivity index (χ0n) is 8.48. The van der Waals surface area contributed by atoms with Gasteiger partial charge in [-0.1, -0.05) is 43.7 Å². The smallest absolute Gasteiger partial charge is 0.293 e. The zero-order chi connectivity index (χ0) is 10.2. The Morgan fingerprint density at radius 3 is 2.64 bits per heavy atom. The molecule has 0 N–H and O–H groups in total. The molecule has 0 fully saturated rings. The molecule has 0 amide bonds. The van der Waals surface area contributed by atoms with Crippen molar-refractivity contribution >= 4 is 6.47 Å². The summed E-state index contributed by atoms with van der Waals surface area (Å²) in [4.78, 5) is 10.3. The van der Waals surface area contributed by atoms with Crippen molar-refractivity contribution in [2.75, 3.05) is 0 Å².